The van der Waals surface area contributed by atoms with Crippen LogP contribution in [0.2, 0.25) is 0 Å². The van der Waals surface area contributed by atoms with Gasteiger partial charge in [0.1, 0.15) is 11.1 Å². The molecule has 0 bridgehead atoms. The van der Waals surface area contributed by atoms with Crippen molar-refractivity contribution in [3.63, 3.8) is 0 Å². The van der Waals surface area contributed by atoms with Gasteiger partial charge in [-0.05, 0) is 89.3 Å². The first-order chi connectivity index (χ1) is 23.9. The molecule has 0 aliphatic carbocycles. The van der Waals surface area contributed by atoms with E-state index >= 15 is 0 Å². The second kappa shape index (κ2) is 15.0. The van der Waals surface area contributed by atoms with Crippen molar-refractivity contribution in [3.05, 3.63) is 131 Å². The first kappa shape index (κ1) is 33.2. The Morgan fingerprint density at radius 3 is 2.41 bits per heavy atom. The van der Waals surface area contributed by atoms with Crippen molar-refractivity contribution in [1.29, 1.82) is 5.26 Å². The summed E-state index contributed by atoms with van der Waals surface area (Å²) in [7, 11) is 3.14. The van der Waals surface area contributed by atoms with Crippen LogP contribution in [0.3, 0.4) is 0 Å². The molecular formula is C40H31N3O4S2. The normalized spacial score (nSPS) is 11.6. The van der Waals surface area contributed by atoms with Crippen LogP contribution in [0.5, 0.6) is 11.5 Å². The first-order valence-electron chi connectivity index (χ1n) is 15.4. The molecular weight excluding hydrogens is 651 g/mol. The van der Waals surface area contributed by atoms with E-state index in [4.69, 9.17) is 14.5 Å². The third kappa shape index (κ3) is 7.41. The number of hydrogen-bond donors (Lipinski definition) is 1. The van der Waals surface area contributed by atoms with E-state index in [9.17, 15) is 14.9 Å². The Morgan fingerprint density at radius 2 is 1.67 bits per heavy atom. The lowest BCUT2D eigenvalue weighted by Crippen LogP contribution is -2.22. The quantitative estimate of drug-likeness (QED) is 0.0826. The Labute approximate surface area is 292 Å². The number of thiophene rings is 1. The molecule has 0 saturated carbocycles. The molecule has 0 unspecified atom stereocenters. The number of benzene rings is 4. The Morgan fingerprint density at radius 1 is 0.898 bits per heavy atom. The van der Waals surface area contributed by atoms with Gasteiger partial charge in [0.15, 0.2) is 17.3 Å². The molecule has 1 N–H and O–H groups in total. The van der Waals surface area contributed by atoms with E-state index in [0.29, 0.717) is 44.6 Å². The van der Waals surface area contributed by atoms with E-state index in [-0.39, 0.29) is 11.7 Å². The zero-order valence-corrected chi connectivity index (χ0v) is 28.6. The number of amides is 1. The molecule has 9 heteroatoms. The second-order valence-corrected chi connectivity index (χ2v) is 13.3. The van der Waals surface area contributed by atoms with Crippen LogP contribution < -0.4 is 14.8 Å². The second-order valence-electron chi connectivity index (χ2n) is 11.0. The van der Waals surface area contributed by atoms with Crippen molar-refractivity contribution in [2.24, 2.45) is 0 Å². The van der Waals surface area contributed by atoms with Crippen LogP contribution in [0.4, 0.5) is 5.69 Å². The number of thioether (sulfide) groups is 1. The SMILES string of the molecule is COc1ccc(-c2cc(-c3cccc4ccccc34)nc(S[C@@H](C)C(=O)Nc3ccc(C(=O)/C=C/c4cccs4)cc3)c2C#N)cc1OC. The van der Waals surface area contributed by atoms with Gasteiger partial charge in [-0.15, -0.1) is 11.3 Å². The zero-order valence-electron chi connectivity index (χ0n) is 27.0. The van der Waals surface area contributed by atoms with Gasteiger partial charge in [-0.25, -0.2) is 4.98 Å². The highest BCUT2D eigenvalue weighted by Crippen LogP contribution is 2.40. The number of aromatic nitrogens is 1. The molecule has 49 heavy (non-hydrogen) atoms. The number of nitrogens with one attached hydrogen (secondary N) is 1. The minimum absolute atomic E-state index is 0.123. The van der Waals surface area contributed by atoms with Gasteiger partial charge in [0.25, 0.3) is 0 Å². The number of carbonyl (C=O) groups is 2. The summed E-state index contributed by atoms with van der Waals surface area (Å²) < 4.78 is 11.0. The number of ketones is 1. The molecule has 0 fully saturated rings. The van der Waals surface area contributed by atoms with E-state index in [0.717, 1.165) is 26.8 Å². The molecule has 1 atom stereocenters. The molecule has 0 saturated heterocycles. The highest BCUT2D eigenvalue weighted by atomic mass is 32.2. The van der Waals surface area contributed by atoms with E-state index in [1.165, 1.54) is 11.8 Å². The van der Waals surface area contributed by atoms with Crippen molar-refractivity contribution in [3.8, 4) is 40.0 Å². The Kier molecular flexibility index (Phi) is 10.2. The number of carbonyl (C=O) groups excluding carboxylic acids is 2. The number of anilines is 1. The van der Waals surface area contributed by atoms with E-state index in [2.05, 4.69) is 11.4 Å². The largest absolute Gasteiger partial charge is 0.493 e. The molecule has 0 spiro atoms. The molecule has 6 rings (SSSR count). The van der Waals surface area contributed by atoms with Crippen molar-refractivity contribution < 1.29 is 19.1 Å². The van der Waals surface area contributed by atoms with E-state index < -0.39 is 5.25 Å². The zero-order chi connectivity index (χ0) is 34.3. The predicted molar refractivity (Wildman–Crippen MR) is 199 cm³/mol. The van der Waals surface area contributed by atoms with Crippen LogP contribution >= 0.6 is 23.1 Å². The van der Waals surface area contributed by atoms with Gasteiger partial charge in [0.2, 0.25) is 5.91 Å². The first-order valence-corrected chi connectivity index (χ1v) is 17.1. The highest BCUT2D eigenvalue weighted by Gasteiger charge is 2.23. The molecule has 6 aromatic rings. The number of nitrogens with zero attached hydrogens (tertiary/aromatic N) is 2. The van der Waals surface area contributed by atoms with Crippen molar-refractivity contribution >= 4 is 57.3 Å². The summed E-state index contributed by atoms with van der Waals surface area (Å²) in [6.45, 7) is 1.77. The lowest BCUT2D eigenvalue weighted by atomic mass is 9.96. The molecule has 242 valence electrons. The monoisotopic (exact) mass is 681 g/mol. The maximum atomic E-state index is 13.5. The molecule has 0 aliphatic heterocycles. The topological polar surface area (TPSA) is 101 Å². The Bertz CT molecular complexity index is 2220. The maximum Gasteiger partial charge on any atom is 0.237 e. The van der Waals surface area contributed by atoms with Crippen LogP contribution in [0.15, 0.2) is 120 Å². The molecule has 4 aromatic carbocycles. The fourth-order valence-electron chi connectivity index (χ4n) is 5.36. The molecule has 7 nitrogen and oxygen atoms in total. The number of pyridine rings is 1. The van der Waals surface area contributed by atoms with Crippen LogP contribution in [-0.2, 0) is 4.79 Å². The van der Waals surface area contributed by atoms with E-state index in [1.54, 1.807) is 75.0 Å². The van der Waals surface area contributed by atoms with Crippen molar-refractivity contribution in [2.75, 3.05) is 19.5 Å². The Balaban J connectivity index is 1.31. The third-order valence-corrected chi connectivity index (χ3v) is 9.82. The molecule has 2 heterocycles. The number of ether oxygens (including phenoxy) is 2. The van der Waals surface area contributed by atoms with Crippen LogP contribution in [0, 0.1) is 11.3 Å². The number of nitriles is 1. The molecule has 0 aliphatic rings. The average molecular weight is 682 g/mol. The molecule has 0 radical (unpaired) electrons. The standard InChI is InChI=1S/C40H31N3O4S2/c1-25(39(45)42-29-16-13-27(14-17-29)36(44)19-18-30-10-7-21-48-30)49-40-34(24-41)33(28-15-20-37(46-2)38(22-28)47-3)23-35(43-40)32-12-6-9-26-8-4-5-11-31(26)32/h4-23,25H,1-3H3,(H,42,45)/b19-18+/t25-/m0/s1. The fourth-order valence-corrected chi connectivity index (χ4v) is 6.90. The van der Waals surface area contributed by atoms with Gasteiger partial charge < -0.3 is 14.8 Å². The summed E-state index contributed by atoms with van der Waals surface area (Å²) in [5.74, 6) is 0.707. The van der Waals surface area contributed by atoms with Crippen LogP contribution in [0.25, 0.3) is 39.2 Å². The number of fused-ring (bicyclic) bond motifs is 1. The summed E-state index contributed by atoms with van der Waals surface area (Å²) in [5, 5.41) is 17.3. The summed E-state index contributed by atoms with van der Waals surface area (Å²) in [4.78, 5) is 32.1. The maximum absolute atomic E-state index is 13.5. The minimum atomic E-state index is -0.615. The van der Waals surface area contributed by atoms with Crippen molar-refractivity contribution in [2.45, 2.75) is 17.2 Å². The lowest BCUT2D eigenvalue weighted by molar-refractivity contribution is -0.115. The molecule has 1 amide bonds. The highest BCUT2D eigenvalue weighted by molar-refractivity contribution is 8.00. The number of methoxy groups -OCH3 is 2. The summed E-state index contributed by atoms with van der Waals surface area (Å²) in [6.07, 6.45) is 3.33. The van der Waals surface area contributed by atoms with Gasteiger partial charge in [-0.1, -0.05) is 66.4 Å². The third-order valence-electron chi connectivity index (χ3n) is 7.89. The average Bonchev–Trinajstić information content (AvgIpc) is 3.67. The molecule has 2 aromatic heterocycles. The van der Waals surface area contributed by atoms with Crippen LogP contribution in [0.1, 0.15) is 27.7 Å². The summed E-state index contributed by atoms with van der Waals surface area (Å²) in [6, 6.07) is 34.5. The fraction of sp³-hybridized carbons (Fsp3) is 0.100. The van der Waals surface area contributed by atoms with Gasteiger partial charge in [-0.3, -0.25) is 9.59 Å². The van der Waals surface area contributed by atoms with Crippen molar-refractivity contribution in [1.82, 2.24) is 4.98 Å². The van der Waals surface area contributed by atoms with E-state index in [1.807, 2.05) is 78.2 Å². The van der Waals surface area contributed by atoms with Gasteiger partial charge in [0, 0.05) is 27.3 Å². The summed E-state index contributed by atoms with van der Waals surface area (Å²) in [5.41, 5.74) is 4.40. The number of hydrogen-bond acceptors (Lipinski definition) is 8. The number of rotatable bonds is 11. The number of allylic oxidation sites excluding steroid dienone is 1. The lowest BCUT2D eigenvalue weighted by Gasteiger charge is -2.17. The van der Waals surface area contributed by atoms with Crippen LogP contribution in [-0.4, -0.2) is 36.1 Å². The minimum Gasteiger partial charge on any atom is -0.493 e. The van der Waals surface area contributed by atoms with Gasteiger partial charge in [0.05, 0.1) is 30.7 Å². The van der Waals surface area contributed by atoms with Gasteiger partial charge in [-0.2, -0.15) is 5.26 Å². The summed E-state index contributed by atoms with van der Waals surface area (Å²) >= 11 is 2.77. The van der Waals surface area contributed by atoms with Gasteiger partial charge >= 0.3 is 0 Å². The predicted octanol–water partition coefficient (Wildman–Crippen LogP) is 9.53. The Hall–Kier alpha value is -5.69. The smallest absolute Gasteiger partial charge is 0.237 e.